The fraction of sp³-hybridized carbons (Fsp3) is 0.667. The highest BCUT2D eigenvalue weighted by Crippen LogP contribution is 2.29. The van der Waals surface area contributed by atoms with Crippen molar-refractivity contribution >= 4 is 12.6 Å². The summed E-state index contributed by atoms with van der Waals surface area (Å²) in [5.74, 6) is 0.854. The van der Waals surface area contributed by atoms with E-state index in [9.17, 15) is 0 Å². The summed E-state index contributed by atoms with van der Waals surface area (Å²) in [6.45, 7) is 1.66. The zero-order chi connectivity index (χ0) is 9.15. The van der Waals surface area contributed by atoms with Crippen LogP contribution in [-0.4, -0.2) is 28.5 Å². The van der Waals surface area contributed by atoms with E-state index in [4.69, 9.17) is 4.74 Å². The van der Waals surface area contributed by atoms with Gasteiger partial charge in [0.15, 0.2) is 0 Å². The second-order valence-electron chi connectivity index (χ2n) is 3.46. The van der Waals surface area contributed by atoms with Gasteiger partial charge in [-0.1, -0.05) is 0 Å². The van der Waals surface area contributed by atoms with Gasteiger partial charge >= 0.3 is 0 Å². The Labute approximate surface area is 83.5 Å². The van der Waals surface area contributed by atoms with Crippen molar-refractivity contribution in [3.05, 3.63) is 18.7 Å². The van der Waals surface area contributed by atoms with Crippen LogP contribution in [0.2, 0.25) is 0 Å². The van der Waals surface area contributed by atoms with E-state index in [0.717, 1.165) is 31.8 Å². The Balaban J connectivity index is 2.23. The van der Waals surface area contributed by atoms with Gasteiger partial charge in [0.2, 0.25) is 0 Å². The molecular weight excluding hydrogens is 184 g/mol. The fourth-order valence-corrected chi connectivity index (χ4v) is 2.27. The minimum atomic E-state index is 0.137. The number of hydrogen-bond acceptors (Lipinski definition) is 3. The van der Waals surface area contributed by atoms with E-state index in [2.05, 4.69) is 22.2 Å². The molecule has 0 aromatic carbocycles. The van der Waals surface area contributed by atoms with Crippen molar-refractivity contribution in [2.75, 3.05) is 19.0 Å². The molecule has 2 rings (SSSR count). The summed E-state index contributed by atoms with van der Waals surface area (Å²) >= 11 is 4.43. The van der Waals surface area contributed by atoms with Crippen LogP contribution >= 0.6 is 12.6 Å². The number of imidazole rings is 1. The second-order valence-corrected chi connectivity index (χ2v) is 3.78. The van der Waals surface area contributed by atoms with Crippen molar-refractivity contribution in [1.82, 2.24) is 9.55 Å². The maximum Gasteiger partial charge on any atom is 0.0951 e. The van der Waals surface area contributed by atoms with E-state index in [1.807, 2.05) is 18.7 Å². The Kier molecular flexibility index (Phi) is 2.60. The molecule has 0 saturated carbocycles. The third-order valence-corrected chi connectivity index (χ3v) is 3.36. The molecule has 4 heteroatoms. The van der Waals surface area contributed by atoms with E-state index < -0.39 is 0 Å². The summed E-state index contributed by atoms with van der Waals surface area (Å²) in [5, 5.41) is 0. The van der Waals surface area contributed by atoms with Crippen LogP contribution in [0.5, 0.6) is 0 Å². The summed E-state index contributed by atoms with van der Waals surface area (Å²) in [6, 6.07) is 0. The molecule has 72 valence electrons. The molecule has 0 atom stereocenters. The lowest BCUT2D eigenvalue weighted by atomic mass is 9.92. The Bertz CT molecular complexity index is 255. The van der Waals surface area contributed by atoms with Crippen molar-refractivity contribution in [3.63, 3.8) is 0 Å². The van der Waals surface area contributed by atoms with Crippen LogP contribution in [0.3, 0.4) is 0 Å². The van der Waals surface area contributed by atoms with Crippen LogP contribution in [0.25, 0.3) is 0 Å². The molecule has 0 radical (unpaired) electrons. The Hall–Kier alpha value is -0.480. The highest BCUT2D eigenvalue weighted by Gasteiger charge is 2.32. The largest absolute Gasteiger partial charge is 0.381 e. The van der Waals surface area contributed by atoms with Gasteiger partial charge in [-0.2, -0.15) is 12.6 Å². The molecule has 1 fully saturated rings. The van der Waals surface area contributed by atoms with Crippen molar-refractivity contribution in [2.45, 2.75) is 18.4 Å². The van der Waals surface area contributed by atoms with Crippen LogP contribution in [0.4, 0.5) is 0 Å². The molecule has 1 saturated heterocycles. The third-order valence-electron chi connectivity index (χ3n) is 2.77. The predicted molar refractivity (Wildman–Crippen MR) is 54.1 cm³/mol. The second kappa shape index (κ2) is 3.72. The van der Waals surface area contributed by atoms with E-state index in [0.29, 0.717) is 0 Å². The molecule has 3 nitrogen and oxygen atoms in total. The number of rotatable bonds is 2. The molecule has 1 aliphatic rings. The average molecular weight is 198 g/mol. The summed E-state index contributed by atoms with van der Waals surface area (Å²) in [4.78, 5) is 4.08. The summed E-state index contributed by atoms with van der Waals surface area (Å²) in [5.41, 5.74) is 0.137. The van der Waals surface area contributed by atoms with Gasteiger partial charge in [-0.05, 0) is 12.8 Å². The van der Waals surface area contributed by atoms with Gasteiger partial charge in [0, 0.05) is 31.4 Å². The van der Waals surface area contributed by atoms with Crippen LogP contribution in [-0.2, 0) is 10.3 Å². The van der Waals surface area contributed by atoms with Crippen LogP contribution in [0.1, 0.15) is 12.8 Å². The molecule has 1 aliphatic heterocycles. The van der Waals surface area contributed by atoms with Gasteiger partial charge in [-0.15, -0.1) is 0 Å². The third kappa shape index (κ3) is 1.60. The van der Waals surface area contributed by atoms with Gasteiger partial charge in [-0.25, -0.2) is 4.98 Å². The Morgan fingerprint density at radius 2 is 2.23 bits per heavy atom. The topological polar surface area (TPSA) is 27.1 Å². The maximum atomic E-state index is 5.36. The number of ether oxygens (including phenoxy) is 1. The number of hydrogen-bond donors (Lipinski definition) is 1. The molecule has 0 N–H and O–H groups in total. The molecule has 0 aliphatic carbocycles. The Morgan fingerprint density at radius 1 is 1.46 bits per heavy atom. The minimum Gasteiger partial charge on any atom is -0.381 e. The normalized spacial score (nSPS) is 21.6. The van der Waals surface area contributed by atoms with Crippen molar-refractivity contribution in [1.29, 1.82) is 0 Å². The summed E-state index contributed by atoms with van der Waals surface area (Å²) < 4.78 is 7.53. The lowest BCUT2D eigenvalue weighted by Crippen LogP contribution is -2.40. The first-order valence-corrected chi connectivity index (χ1v) is 5.18. The molecule has 1 aromatic heterocycles. The van der Waals surface area contributed by atoms with E-state index in [1.54, 1.807) is 0 Å². The quantitative estimate of drug-likeness (QED) is 0.726. The highest BCUT2D eigenvalue weighted by atomic mass is 32.1. The smallest absolute Gasteiger partial charge is 0.0951 e. The minimum absolute atomic E-state index is 0.137. The van der Waals surface area contributed by atoms with E-state index >= 15 is 0 Å². The van der Waals surface area contributed by atoms with Crippen molar-refractivity contribution in [2.24, 2.45) is 0 Å². The Morgan fingerprint density at radius 3 is 2.77 bits per heavy atom. The molecule has 0 amide bonds. The molecule has 0 bridgehead atoms. The summed E-state index contributed by atoms with van der Waals surface area (Å²) in [7, 11) is 0. The number of thiol groups is 1. The van der Waals surface area contributed by atoms with Crippen LogP contribution in [0.15, 0.2) is 18.7 Å². The highest BCUT2D eigenvalue weighted by molar-refractivity contribution is 7.80. The molecule has 13 heavy (non-hydrogen) atoms. The van der Waals surface area contributed by atoms with Crippen LogP contribution in [0, 0.1) is 0 Å². The maximum absolute atomic E-state index is 5.36. The average Bonchev–Trinajstić information content (AvgIpc) is 2.72. The first-order valence-electron chi connectivity index (χ1n) is 4.54. The SMILES string of the molecule is SCC1(n2ccnc2)CCOCC1. The molecule has 2 heterocycles. The monoisotopic (exact) mass is 198 g/mol. The first kappa shape index (κ1) is 9.09. The number of nitrogens with zero attached hydrogens (tertiary/aromatic N) is 2. The van der Waals surface area contributed by atoms with Gasteiger partial charge in [0.1, 0.15) is 0 Å². The van der Waals surface area contributed by atoms with Gasteiger partial charge in [0.05, 0.1) is 11.9 Å². The number of aromatic nitrogens is 2. The molecule has 1 aromatic rings. The zero-order valence-electron chi connectivity index (χ0n) is 7.52. The van der Waals surface area contributed by atoms with Crippen molar-refractivity contribution in [3.8, 4) is 0 Å². The van der Waals surface area contributed by atoms with Gasteiger partial charge in [-0.3, -0.25) is 0 Å². The van der Waals surface area contributed by atoms with Gasteiger partial charge in [0.25, 0.3) is 0 Å². The summed E-state index contributed by atoms with van der Waals surface area (Å²) in [6.07, 6.45) is 7.78. The first-order chi connectivity index (χ1) is 6.37. The van der Waals surface area contributed by atoms with Crippen LogP contribution < -0.4 is 0 Å². The lowest BCUT2D eigenvalue weighted by molar-refractivity contribution is 0.0317. The van der Waals surface area contributed by atoms with Crippen molar-refractivity contribution < 1.29 is 4.74 Å². The molecule has 0 spiro atoms. The molecule has 0 unspecified atom stereocenters. The lowest BCUT2D eigenvalue weighted by Gasteiger charge is -2.37. The predicted octanol–water partition coefficient (Wildman–Crippen LogP) is 1.32. The van der Waals surface area contributed by atoms with E-state index in [-0.39, 0.29) is 5.54 Å². The standard InChI is InChI=1S/C9H14N2OS/c13-7-9(1-5-12-6-2-9)11-4-3-10-8-11/h3-4,8,13H,1-2,5-7H2. The van der Waals surface area contributed by atoms with E-state index in [1.165, 1.54) is 0 Å². The molecular formula is C9H14N2OS. The zero-order valence-corrected chi connectivity index (χ0v) is 8.41. The van der Waals surface area contributed by atoms with Gasteiger partial charge < -0.3 is 9.30 Å². The fourth-order valence-electron chi connectivity index (χ4n) is 1.79.